The highest BCUT2D eigenvalue weighted by Crippen LogP contribution is 2.53. The second-order valence-corrected chi connectivity index (χ2v) is 11.7. The Labute approximate surface area is 264 Å². The lowest BCUT2D eigenvalue weighted by Crippen LogP contribution is -2.46. The van der Waals surface area contributed by atoms with E-state index in [1.54, 1.807) is 36.5 Å². The van der Waals surface area contributed by atoms with E-state index >= 15 is 0 Å². The molecule has 0 aliphatic heterocycles. The first-order valence-electron chi connectivity index (χ1n) is 13.6. The van der Waals surface area contributed by atoms with Crippen LogP contribution in [0.3, 0.4) is 0 Å². The van der Waals surface area contributed by atoms with Crippen LogP contribution in [0.25, 0.3) is 0 Å². The van der Waals surface area contributed by atoms with E-state index in [4.69, 9.17) is 0 Å². The third-order valence-electron chi connectivity index (χ3n) is 6.31. The molecule has 0 bridgehead atoms. The Kier molecular flexibility index (Phi) is 19.1. The van der Waals surface area contributed by atoms with E-state index in [1.807, 2.05) is 61.5 Å². The van der Waals surface area contributed by atoms with Gasteiger partial charge in [0.2, 0.25) is 10.0 Å². The maximum Gasteiger partial charge on any atom is 0.239 e. The van der Waals surface area contributed by atoms with Gasteiger partial charge in [-0.15, -0.1) is 30.2 Å². The number of halogens is 1. The quantitative estimate of drug-likeness (QED) is 0.109. The number of aldehydes is 1. The maximum atomic E-state index is 13.1. The zero-order valence-corrected chi connectivity index (χ0v) is 27.4. The number of aliphatic hydroxyl groups excluding tert-OH is 1. The molecule has 1 aromatic rings. The van der Waals surface area contributed by atoms with Crippen LogP contribution in [0, 0.1) is 18.8 Å². The summed E-state index contributed by atoms with van der Waals surface area (Å²) in [4.78, 5) is 12.2. The Morgan fingerprint density at radius 1 is 1.09 bits per heavy atom. The zero-order chi connectivity index (χ0) is 32.9. The van der Waals surface area contributed by atoms with Gasteiger partial charge in [0.1, 0.15) is 6.29 Å². The second kappa shape index (κ2) is 20.9. The van der Waals surface area contributed by atoms with E-state index in [9.17, 15) is 18.3 Å². The summed E-state index contributed by atoms with van der Waals surface area (Å²) in [7, 11) is -3.91. The Bertz CT molecular complexity index is 1390. The van der Waals surface area contributed by atoms with Gasteiger partial charge in [-0.3, -0.25) is 0 Å². The van der Waals surface area contributed by atoms with Crippen molar-refractivity contribution >= 4 is 27.9 Å². The maximum absolute atomic E-state index is 13.1. The van der Waals surface area contributed by atoms with Gasteiger partial charge in [0, 0.05) is 30.2 Å². The van der Waals surface area contributed by atoms with Gasteiger partial charge >= 0.3 is 0 Å². The molecule has 1 fully saturated rings. The highest BCUT2D eigenvalue weighted by Gasteiger charge is 2.62. The molecule has 1 N–H and O–H groups in total. The molecule has 0 amide bonds. The fourth-order valence-electron chi connectivity index (χ4n) is 3.82. The minimum Gasteiger partial charge on any atom is -0.512 e. The average molecular weight is 622 g/mol. The Balaban J connectivity index is 0.000000973. The number of aliphatic hydroxyl groups is 1. The van der Waals surface area contributed by atoms with Gasteiger partial charge in [-0.05, 0) is 63.5 Å². The van der Waals surface area contributed by atoms with Crippen molar-refractivity contribution in [3.63, 3.8) is 0 Å². The van der Waals surface area contributed by atoms with Gasteiger partial charge < -0.3 is 9.90 Å². The molecule has 2 unspecified atom stereocenters. The molecule has 0 heterocycles. The van der Waals surface area contributed by atoms with Gasteiger partial charge in [0.05, 0.1) is 11.3 Å². The van der Waals surface area contributed by atoms with Gasteiger partial charge in [-0.2, -0.15) is 4.31 Å². The van der Waals surface area contributed by atoms with Crippen molar-refractivity contribution in [2.24, 2.45) is 5.92 Å². The molecule has 1 aromatic carbocycles. The molecule has 4 rings (SSSR count). The number of carbonyl (C=O) groups excluding carboxylic acids is 1. The van der Waals surface area contributed by atoms with Crippen LogP contribution >= 0.6 is 11.6 Å². The number of hydrogen-bond acceptors (Lipinski definition) is 4. The normalized spacial score (nSPS) is 19.2. The molecule has 43 heavy (non-hydrogen) atoms. The second-order valence-electron chi connectivity index (χ2n) is 9.64. The third kappa shape index (κ3) is 12.9. The molecule has 3 aliphatic carbocycles. The Morgan fingerprint density at radius 2 is 1.65 bits per heavy atom. The van der Waals surface area contributed by atoms with Crippen LogP contribution in [0.1, 0.15) is 40.5 Å². The summed E-state index contributed by atoms with van der Waals surface area (Å²) in [6.45, 7) is 11.2. The zero-order valence-electron chi connectivity index (χ0n) is 25.8. The number of hydrogen-bond donors (Lipinski definition) is 1. The van der Waals surface area contributed by atoms with Crippen molar-refractivity contribution in [1.82, 2.24) is 4.31 Å². The molecule has 1 saturated carbocycles. The summed E-state index contributed by atoms with van der Waals surface area (Å²) in [6, 6.07) is 12.0. The van der Waals surface area contributed by atoms with Crippen molar-refractivity contribution in [1.29, 1.82) is 0 Å². The summed E-state index contributed by atoms with van der Waals surface area (Å²) in [6.07, 6.45) is 29.0. The van der Waals surface area contributed by atoms with Crippen LogP contribution in [0.5, 0.6) is 0 Å². The fourth-order valence-corrected chi connectivity index (χ4v) is 5.21. The van der Waals surface area contributed by atoms with E-state index in [0.717, 1.165) is 11.9 Å². The van der Waals surface area contributed by atoms with Crippen LogP contribution in [0.4, 0.5) is 0 Å². The Hall–Kier alpha value is -3.85. The summed E-state index contributed by atoms with van der Waals surface area (Å²) in [5.74, 6) is -0.118. The first-order valence-corrected chi connectivity index (χ1v) is 15.8. The lowest BCUT2D eigenvalue weighted by Gasteiger charge is -2.29. The van der Waals surface area contributed by atoms with E-state index < -0.39 is 15.6 Å². The highest BCUT2D eigenvalue weighted by molar-refractivity contribution is 7.93. The van der Waals surface area contributed by atoms with Crippen molar-refractivity contribution in [3.05, 3.63) is 137 Å². The molecule has 0 radical (unpaired) electrons. The van der Waals surface area contributed by atoms with E-state index in [0.29, 0.717) is 18.4 Å². The largest absolute Gasteiger partial charge is 0.512 e. The van der Waals surface area contributed by atoms with Gasteiger partial charge in [0.25, 0.3) is 0 Å². The number of terminal acetylenes is 1. The summed E-state index contributed by atoms with van der Waals surface area (Å²) in [5, 5.41) is 9.93. The molecule has 3 aliphatic rings. The Morgan fingerprint density at radius 3 is 2.14 bits per heavy atom. The van der Waals surface area contributed by atoms with Crippen LogP contribution in [0.15, 0.2) is 137 Å². The number of benzene rings is 1. The summed E-state index contributed by atoms with van der Waals surface area (Å²) in [5.41, 5.74) is 4.66. The smallest absolute Gasteiger partial charge is 0.239 e. The fraction of sp³-hybridized carbons (Fsp3) is 0.278. The lowest BCUT2D eigenvalue weighted by molar-refractivity contribution is -0.112. The van der Waals surface area contributed by atoms with Crippen molar-refractivity contribution in [3.8, 4) is 12.8 Å². The summed E-state index contributed by atoms with van der Waals surface area (Å²) >= 11 is 4.64. The van der Waals surface area contributed by atoms with Crippen LogP contribution in [0.2, 0.25) is 0 Å². The topological polar surface area (TPSA) is 74.7 Å². The third-order valence-corrected chi connectivity index (χ3v) is 8.24. The molecular formula is C36H44ClNO4S. The van der Waals surface area contributed by atoms with Crippen molar-refractivity contribution < 1.29 is 18.3 Å². The molecule has 2 atom stereocenters. The highest BCUT2D eigenvalue weighted by atomic mass is 35.5. The van der Waals surface area contributed by atoms with E-state index in [-0.39, 0.29) is 23.1 Å². The number of nitrogens with zero attached hydrogens (tertiary/aromatic N) is 1. The monoisotopic (exact) mass is 621 g/mol. The van der Waals surface area contributed by atoms with E-state index in [1.165, 1.54) is 23.2 Å². The standard InChI is InChI=1S/C22H23NO4S.C6H6.C5H10.C2H2.CH3Cl/c1-17(2)28(26,27)23(15-18-9-7-8-12-20(25)13-18)22(16-24)14-21(22)19-10-5-3-4-6-11-19;1-2-4-6-5-3-1;1-4-5(2)3;2*1-2/h3-5,7-11,13,16,21,25H,1,12,14-15H2,2H3;1-6H;4H,1-3H3;1-2H;1H3. The molecular weight excluding hydrogens is 578 g/mol. The van der Waals surface area contributed by atoms with Gasteiger partial charge in [-0.1, -0.05) is 91.1 Å². The van der Waals surface area contributed by atoms with Crippen LogP contribution < -0.4 is 0 Å². The average Bonchev–Trinajstić information content (AvgIpc) is 3.83. The molecule has 5 nitrogen and oxygen atoms in total. The van der Waals surface area contributed by atoms with Crippen LogP contribution in [-0.2, 0) is 14.8 Å². The lowest BCUT2D eigenvalue weighted by atomic mass is 10.1. The number of alkyl halides is 1. The minimum absolute atomic E-state index is 0.0254. The molecule has 0 saturated heterocycles. The SMILES string of the molecule is C#C.C=C(C)S(=O)(=O)N(CC1=CC=CCC(O)=C1)C1(C=O)CC1C1=CC=CC=C=C1.CC=C(C)C.CCl.c1ccccc1. The minimum atomic E-state index is -3.91. The first-order chi connectivity index (χ1) is 20.6. The molecule has 7 heteroatoms. The predicted octanol–water partition coefficient (Wildman–Crippen LogP) is 8.41. The number of sulfonamides is 1. The molecule has 230 valence electrons. The first kappa shape index (κ1) is 39.1. The van der Waals surface area contributed by atoms with E-state index in [2.05, 4.69) is 56.7 Å². The number of allylic oxidation sites excluding steroid dienone is 10. The van der Waals surface area contributed by atoms with Crippen molar-refractivity contribution in [2.45, 2.75) is 46.1 Å². The van der Waals surface area contributed by atoms with Crippen LogP contribution in [-0.4, -0.2) is 42.6 Å². The van der Waals surface area contributed by atoms with Crippen molar-refractivity contribution in [2.75, 3.05) is 12.9 Å². The van der Waals surface area contributed by atoms with Gasteiger partial charge in [0.15, 0.2) is 0 Å². The number of carbonyl (C=O) groups is 1. The van der Waals surface area contributed by atoms with Gasteiger partial charge in [-0.25, -0.2) is 8.42 Å². The molecule has 0 spiro atoms. The predicted molar refractivity (Wildman–Crippen MR) is 183 cm³/mol. The number of rotatable bonds is 7. The summed E-state index contributed by atoms with van der Waals surface area (Å²) < 4.78 is 27.4. The molecule has 0 aromatic heterocycles.